The van der Waals surface area contributed by atoms with E-state index in [0.717, 1.165) is 23.1 Å². The van der Waals surface area contributed by atoms with Crippen molar-refractivity contribution in [3.05, 3.63) is 87.0 Å². The first kappa shape index (κ1) is 23.3. The van der Waals surface area contributed by atoms with E-state index < -0.39 is 5.82 Å². The Kier molecular flexibility index (Phi) is 7.32. The molecule has 2 amide bonds. The Morgan fingerprint density at radius 3 is 2.85 bits per heavy atom. The van der Waals surface area contributed by atoms with Crippen molar-refractivity contribution in [1.82, 2.24) is 9.88 Å². The van der Waals surface area contributed by atoms with Crippen LogP contribution >= 0.6 is 35.3 Å². The lowest BCUT2D eigenvalue weighted by Gasteiger charge is -2.13. The van der Waals surface area contributed by atoms with Gasteiger partial charge in [-0.25, -0.2) is 9.37 Å². The van der Waals surface area contributed by atoms with E-state index >= 15 is 0 Å². The molecule has 3 aromatic rings. The highest BCUT2D eigenvalue weighted by Crippen LogP contribution is 2.33. The van der Waals surface area contributed by atoms with Gasteiger partial charge < -0.3 is 5.32 Å². The summed E-state index contributed by atoms with van der Waals surface area (Å²) in [6.07, 6.45) is 4.07. The number of aryl methyl sites for hydroxylation is 1. The number of hydrogen-bond acceptors (Lipinski definition) is 6. The van der Waals surface area contributed by atoms with Gasteiger partial charge in [0, 0.05) is 36.0 Å². The first-order valence-corrected chi connectivity index (χ1v) is 12.2. The normalized spacial score (nSPS) is 14.8. The van der Waals surface area contributed by atoms with Crippen molar-refractivity contribution in [1.29, 1.82) is 0 Å². The molecule has 168 valence electrons. The lowest BCUT2D eigenvalue weighted by molar-refractivity contribution is -0.122. The highest BCUT2D eigenvalue weighted by atomic mass is 32.2. The summed E-state index contributed by atoms with van der Waals surface area (Å²) in [4.78, 5) is 32.1. The van der Waals surface area contributed by atoms with Gasteiger partial charge in [0.2, 0.25) is 5.91 Å². The van der Waals surface area contributed by atoms with Gasteiger partial charge in [-0.2, -0.15) is 0 Å². The molecular formula is C24H20FN3O2S3. The van der Waals surface area contributed by atoms with Crippen LogP contribution in [0.15, 0.2) is 59.6 Å². The largest absolute Gasteiger partial charge is 0.302 e. The van der Waals surface area contributed by atoms with Gasteiger partial charge in [0.05, 0.1) is 4.91 Å². The number of hydrogen-bond donors (Lipinski definition) is 1. The Hall–Kier alpha value is -2.88. The number of nitrogens with one attached hydrogen (secondary N) is 1. The Balaban J connectivity index is 1.32. The minimum absolute atomic E-state index is 0.0756. The number of thiazole rings is 1. The van der Waals surface area contributed by atoms with E-state index in [1.165, 1.54) is 39.5 Å². The Morgan fingerprint density at radius 1 is 1.24 bits per heavy atom. The number of carbonyl (C=O) groups excluding carboxylic acids is 2. The van der Waals surface area contributed by atoms with Crippen LogP contribution in [0, 0.1) is 12.7 Å². The molecule has 0 radical (unpaired) electrons. The van der Waals surface area contributed by atoms with E-state index in [9.17, 15) is 14.0 Å². The monoisotopic (exact) mass is 497 g/mol. The third-order valence-corrected chi connectivity index (χ3v) is 7.18. The molecule has 33 heavy (non-hydrogen) atoms. The summed E-state index contributed by atoms with van der Waals surface area (Å²) in [5.74, 6) is -0.985. The van der Waals surface area contributed by atoms with Crippen molar-refractivity contribution in [3.63, 3.8) is 0 Å². The smallest absolute Gasteiger partial charge is 0.266 e. The average molecular weight is 498 g/mol. The van der Waals surface area contributed by atoms with E-state index in [-0.39, 0.29) is 24.8 Å². The molecule has 1 aromatic heterocycles. The SMILES string of the molecule is Cc1cccc(Cc2cnc(NC(=O)CCN3C(=O)/C(=C\c4ccccc4F)SC3=S)s2)c1. The second-order valence-corrected chi connectivity index (χ2v) is 10.2. The van der Waals surface area contributed by atoms with E-state index in [4.69, 9.17) is 12.2 Å². The van der Waals surface area contributed by atoms with Crippen molar-refractivity contribution in [2.45, 2.75) is 19.8 Å². The molecule has 0 saturated carbocycles. The molecule has 1 fully saturated rings. The molecule has 1 saturated heterocycles. The molecule has 0 aliphatic carbocycles. The Labute approximate surface area is 204 Å². The maximum Gasteiger partial charge on any atom is 0.266 e. The van der Waals surface area contributed by atoms with Crippen LogP contribution < -0.4 is 5.32 Å². The van der Waals surface area contributed by atoms with E-state index in [0.29, 0.717) is 19.9 Å². The zero-order valence-electron chi connectivity index (χ0n) is 17.7. The predicted octanol–water partition coefficient (Wildman–Crippen LogP) is 5.41. The third-order valence-electron chi connectivity index (χ3n) is 4.89. The number of aromatic nitrogens is 1. The second kappa shape index (κ2) is 10.4. The van der Waals surface area contributed by atoms with Crippen LogP contribution in [0.25, 0.3) is 6.08 Å². The van der Waals surface area contributed by atoms with Crippen molar-refractivity contribution >= 4 is 62.7 Å². The maximum atomic E-state index is 13.9. The van der Waals surface area contributed by atoms with Crippen LogP contribution in [0.5, 0.6) is 0 Å². The number of thiocarbonyl (C=S) groups is 1. The first-order valence-electron chi connectivity index (χ1n) is 10.2. The number of halogens is 1. The summed E-state index contributed by atoms with van der Waals surface area (Å²) < 4.78 is 14.2. The quantitative estimate of drug-likeness (QED) is 0.349. The van der Waals surface area contributed by atoms with Gasteiger partial charge in [-0.05, 0) is 24.6 Å². The van der Waals surface area contributed by atoms with E-state index in [2.05, 4.69) is 35.4 Å². The standard InChI is InChI=1S/C24H20FN3O2S3/c1-15-5-4-6-16(11-15)12-18-14-26-23(32-18)27-21(29)9-10-28-22(30)20(33-24(28)31)13-17-7-2-3-8-19(17)25/h2-8,11,13-14H,9-10,12H2,1H3,(H,26,27,29)/b20-13+. The average Bonchev–Trinajstić information content (AvgIpc) is 3.31. The number of nitrogens with zero attached hydrogens (tertiary/aromatic N) is 2. The Bertz CT molecular complexity index is 1260. The summed E-state index contributed by atoms with van der Waals surface area (Å²) in [6, 6.07) is 14.5. The number of anilines is 1. The molecule has 0 atom stereocenters. The number of amides is 2. The number of rotatable bonds is 7. The van der Waals surface area contributed by atoms with Crippen molar-refractivity contribution in [3.8, 4) is 0 Å². The lowest BCUT2D eigenvalue weighted by atomic mass is 10.1. The van der Waals surface area contributed by atoms with Gasteiger partial charge in [0.25, 0.3) is 5.91 Å². The fourth-order valence-electron chi connectivity index (χ4n) is 3.29. The number of carbonyl (C=O) groups is 2. The van der Waals surface area contributed by atoms with Crippen LogP contribution in [0.2, 0.25) is 0 Å². The maximum absolute atomic E-state index is 13.9. The zero-order chi connectivity index (χ0) is 23.4. The molecule has 1 aliphatic heterocycles. The lowest BCUT2D eigenvalue weighted by Crippen LogP contribution is -2.31. The number of thioether (sulfide) groups is 1. The van der Waals surface area contributed by atoms with Gasteiger partial charge in [0.1, 0.15) is 10.1 Å². The number of benzene rings is 2. The molecule has 2 aromatic carbocycles. The van der Waals surface area contributed by atoms with Crippen LogP contribution in [-0.2, 0) is 16.0 Å². The van der Waals surface area contributed by atoms with Gasteiger partial charge in [-0.1, -0.05) is 72.0 Å². The van der Waals surface area contributed by atoms with Gasteiger partial charge >= 0.3 is 0 Å². The van der Waals surface area contributed by atoms with E-state index in [1.54, 1.807) is 24.4 Å². The molecule has 9 heteroatoms. The van der Waals surface area contributed by atoms with Gasteiger partial charge in [-0.15, -0.1) is 11.3 Å². The topological polar surface area (TPSA) is 62.3 Å². The summed E-state index contributed by atoms with van der Waals surface area (Å²) >= 11 is 7.82. The minimum atomic E-state index is -0.410. The molecule has 0 spiro atoms. The van der Waals surface area contributed by atoms with Crippen LogP contribution in [0.4, 0.5) is 9.52 Å². The minimum Gasteiger partial charge on any atom is -0.302 e. The molecule has 5 nitrogen and oxygen atoms in total. The first-order chi connectivity index (χ1) is 15.9. The molecule has 0 unspecified atom stereocenters. The molecule has 2 heterocycles. The van der Waals surface area contributed by atoms with E-state index in [1.807, 2.05) is 6.07 Å². The molecule has 1 N–H and O–H groups in total. The summed E-state index contributed by atoms with van der Waals surface area (Å²) in [7, 11) is 0. The van der Waals surface area contributed by atoms with Crippen molar-refractivity contribution < 1.29 is 14.0 Å². The summed E-state index contributed by atoms with van der Waals surface area (Å²) in [5, 5.41) is 3.31. The zero-order valence-corrected chi connectivity index (χ0v) is 20.2. The Morgan fingerprint density at radius 2 is 2.06 bits per heavy atom. The summed E-state index contributed by atoms with van der Waals surface area (Å²) in [6.45, 7) is 2.20. The second-order valence-electron chi connectivity index (χ2n) is 7.45. The van der Waals surface area contributed by atoms with Crippen LogP contribution in [0.1, 0.15) is 28.0 Å². The van der Waals surface area contributed by atoms with Crippen molar-refractivity contribution in [2.75, 3.05) is 11.9 Å². The van der Waals surface area contributed by atoms with Gasteiger partial charge in [0.15, 0.2) is 5.13 Å². The predicted molar refractivity (Wildman–Crippen MR) is 136 cm³/mol. The van der Waals surface area contributed by atoms with Crippen LogP contribution in [-0.4, -0.2) is 32.6 Å². The van der Waals surface area contributed by atoms with Gasteiger partial charge in [-0.3, -0.25) is 14.5 Å². The highest BCUT2D eigenvalue weighted by Gasteiger charge is 2.32. The highest BCUT2D eigenvalue weighted by molar-refractivity contribution is 8.26. The summed E-state index contributed by atoms with van der Waals surface area (Å²) in [5.41, 5.74) is 2.71. The third kappa shape index (κ3) is 5.93. The van der Waals surface area contributed by atoms with Crippen LogP contribution in [0.3, 0.4) is 0 Å². The van der Waals surface area contributed by atoms with Crippen molar-refractivity contribution in [2.24, 2.45) is 0 Å². The molecule has 1 aliphatic rings. The molecule has 4 rings (SSSR count). The fourth-order valence-corrected chi connectivity index (χ4v) is 5.45. The molecule has 0 bridgehead atoms. The molecular weight excluding hydrogens is 477 g/mol. The fraction of sp³-hybridized carbons (Fsp3) is 0.167.